The number of aromatic nitrogens is 2. The highest BCUT2D eigenvalue weighted by molar-refractivity contribution is 9.10. The standard InChI is InChI=1S/C14H21BrN4O/c1-4-19(5-2)13(20)9-18(3)12-8-11(15)16-14(17-12)10-6-7-10/h8,10H,4-7,9H2,1-3H3. The van der Waals surface area contributed by atoms with Crippen molar-refractivity contribution in [3.05, 3.63) is 16.5 Å². The van der Waals surface area contributed by atoms with Crippen molar-refractivity contribution >= 4 is 27.7 Å². The Morgan fingerprint density at radius 3 is 2.55 bits per heavy atom. The molecule has 0 saturated heterocycles. The number of likely N-dealkylation sites (N-methyl/N-ethyl adjacent to an activating group) is 2. The summed E-state index contributed by atoms with van der Waals surface area (Å²) in [6.45, 7) is 5.81. The molecule has 110 valence electrons. The normalized spacial score (nSPS) is 14.2. The van der Waals surface area contributed by atoms with Gasteiger partial charge in [0.1, 0.15) is 16.2 Å². The molecule has 1 aromatic rings. The lowest BCUT2D eigenvalue weighted by Crippen LogP contribution is -2.39. The molecule has 0 aliphatic heterocycles. The van der Waals surface area contributed by atoms with E-state index in [1.807, 2.05) is 36.8 Å². The minimum absolute atomic E-state index is 0.125. The number of rotatable bonds is 6. The van der Waals surface area contributed by atoms with E-state index in [0.29, 0.717) is 12.5 Å². The zero-order chi connectivity index (χ0) is 14.7. The molecular weight excluding hydrogens is 320 g/mol. The van der Waals surface area contributed by atoms with E-state index in [-0.39, 0.29) is 5.91 Å². The van der Waals surface area contributed by atoms with Crippen LogP contribution in [-0.2, 0) is 4.79 Å². The van der Waals surface area contributed by atoms with Crippen LogP contribution in [0.1, 0.15) is 38.4 Å². The van der Waals surface area contributed by atoms with Gasteiger partial charge in [0.25, 0.3) is 0 Å². The monoisotopic (exact) mass is 340 g/mol. The van der Waals surface area contributed by atoms with E-state index in [9.17, 15) is 4.79 Å². The molecule has 2 rings (SSSR count). The first-order chi connectivity index (χ1) is 9.55. The van der Waals surface area contributed by atoms with Crippen LogP contribution < -0.4 is 4.90 Å². The van der Waals surface area contributed by atoms with Gasteiger partial charge in [-0.2, -0.15) is 0 Å². The van der Waals surface area contributed by atoms with E-state index in [1.165, 1.54) is 0 Å². The highest BCUT2D eigenvalue weighted by atomic mass is 79.9. The van der Waals surface area contributed by atoms with Crippen LogP contribution in [0.15, 0.2) is 10.7 Å². The Labute approximate surface area is 128 Å². The number of halogens is 1. The zero-order valence-corrected chi connectivity index (χ0v) is 13.9. The molecule has 0 spiro atoms. The van der Waals surface area contributed by atoms with Crippen LogP contribution in [-0.4, -0.2) is 47.5 Å². The molecule has 6 heteroatoms. The van der Waals surface area contributed by atoms with Gasteiger partial charge in [-0.3, -0.25) is 4.79 Å². The molecule has 0 aromatic carbocycles. The van der Waals surface area contributed by atoms with Crippen molar-refractivity contribution in [2.24, 2.45) is 0 Å². The summed E-state index contributed by atoms with van der Waals surface area (Å²) in [5, 5.41) is 0. The van der Waals surface area contributed by atoms with Crippen molar-refractivity contribution < 1.29 is 4.79 Å². The van der Waals surface area contributed by atoms with E-state index < -0.39 is 0 Å². The second-order valence-electron chi connectivity index (χ2n) is 5.10. The number of hydrogen-bond acceptors (Lipinski definition) is 4. The van der Waals surface area contributed by atoms with Gasteiger partial charge in [-0.1, -0.05) is 0 Å². The Kier molecular flexibility index (Phi) is 4.96. The minimum Gasteiger partial charge on any atom is -0.350 e. The molecule has 1 aromatic heterocycles. The minimum atomic E-state index is 0.125. The number of hydrogen-bond donors (Lipinski definition) is 0. The van der Waals surface area contributed by atoms with Gasteiger partial charge in [0, 0.05) is 32.1 Å². The molecule has 0 atom stereocenters. The zero-order valence-electron chi connectivity index (χ0n) is 12.3. The van der Waals surface area contributed by atoms with Crippen LogP contribution in [0.2, 0.25) is 0 Å². The van der Waals surface area contributed by atoms with Crippen molar-refractivity contribution in [3.8, 4) is 0 Å². The molecule has 1 amide bonds. The molecule has 0 unspecified atom stereocenters. The fourth-order valence-corrected chi connectivity index (χ4v) is 2.49. The lowest BCUT2D eigenvalue weighted by Gasteiger charge is -2.24. The molecule has 1 heterocycles. The molecular formula is C14H21BrN4O. The van der Waals surface area contributed by atoms with Gasteiger partial charge in [0.05, 0.1) is 6.54 Å². The first kappa shape index (κ1) is 15.2. The third-order valence-corrected chi connectivity index (χ3v) is 3.93. The smallest absolute Gasteiger partial charge is 0.242 e. The van der Waals surface area contributed by atoms with E-state index in [2.05, 4.69) is 25.9 Å². The maximum absolute atomic E-state index is 12.1. The lowest BCUT2D eigenvalue weighted by molar-refractivity contribution is -0.129. The number of carbonyl (C=O) groups is 1. The fraction of sp³-hybridized carbons (Fsp3) is 0.643. The van der Waals surface area contributed by atoms with Crippen LogP contribution in [0.5, 0.6) is 0 Å². The van der Waals surface area contributed by atoms with Gasteiger partial charge in [0.15, 0.2) is 0 Å². The Morgan fingerprint density at radius 2 is 2.00 bits per heavy atom. The van der Waals surface area contributed by atoms with Crippen molar-refractivity contribution in [1.82, 2.24) is 14.9 Å². The molecule has 1 aliphatic rings. The number of anilines is 1. The fourth-order valence-electron chi connectivity index (χ4n) is 2.10. The topological polar surface area (TPSA) is 49.3 Å². The predicted molar refractivity (Wildman–Crippen MR) is 82.9 cm³/mol. The number of nitrogens with zero attached hydrogens (tertiary/aromatic N) is 4. The summed E-state index contributed by atoms with van der Waals surface area (Å²) < 4.78 is 0.784. The van der Waals surface area contributed by atoms with Crippen molar-refractivity contribution in [1.29, 1.82) is 0 Å². The van der Waals surface area contributed by atoms with Crippen LogP contribution in [0.3, 0.4) is 0 Å². The molecule has 5 nitrogen and oxygen atoms in total. The lowest BCUT2D eigenvalue weighted by atomic mass is 10.3. The summed E-state index contributed by atoms with van der Waals surface area (Å²) in [5.74, 6) is 2.31. The summed E-state index contributed by atoms with van der Waals surface area (Å²) in [6.07, 6.45) is 2.33. The summed E-state index contributed by atoms with van der Waals surface area (Å²) in [5.41, 5.74) is 0. The highest BCUT2D eigenvalue weighted by Crippen LogP contribution is 2.39. The quantitative estimate of drug-likeness (QED) is 0.746. The Bertz CT molecular complexity index is 486. The largest absolute Gasteiger partial charge is 0.350 e. The average Bonchev–Trinajstić information content (AvgIpc) is 3.23. The molecule has 1 saturated carbocycles. The van der Waals surface area contributed by atoms with Crippen LogP contribution in [0, 0.1) is 0 Å². The second kappa shape index (κ2) is 6.52. The SMILES string of the molecule is CCN(CC)C(=O)CN(C)c1cc(Br)nc(C2CC2)n1. The van der Waals surface area contributed by atoms with Crippen LogP contribution in [0.4, 0.5) is 5.82 Å². The van der Waals surface area contributed by atoms with Crippen molar-refractivity contribution in [2.75, 3.05) is 31.6 Å². The first-order valence-corrected chi connectivity index (χ1v) is 7.87. The number of amides is 1. The number of carbonyl (C=O) groups excluding carboxylic acids is 1. The molecule has 20 heavy (non-hydrogen) atoms. The summed E-state index contributed by atoms with van der Waals surface area (Å²) in [6, 6.07) is 1.86. The van der Waals surface area contributed by atoms with E-state index >= 15 is 0 Å². The van der Waals surface area contributed by atoms with Gasteiger partial charge < -0.3 is 9.80 Å². The highest BCUT2D eigenvalue weighted by Gasteiger charge is 2.27. The predicted octanol–water partition coefficient (Wildman–Crippen LogP) is 2.42. The van der Waals surface area contributed by atoms with Crippen molar-refractivity contribution in [2.45, 2.75) is 32.6 Å². The van der Waals surface area contributed by atoms with E-state index in [4.69, 9.17) is 0 Å². The Balaban J connectivity index is 2.08. The van der Waals surface area contributed by atoms with E-state index in [0.717, 1.165) is 42.2 Å². The Hall–Kier alpha value is -1.17. The first-order valence-electron chi connectivity index (χ1n) is 7.08. The van der Waals surface area contributed by atoms with Gasteiger partial charge >= 0.3 is 0 Å². The van der Waals surface area contributed by atoms with Crippen LogP contribution >= 0.6 is 15.9 Å². The van der Waals surface area contributed by atoms with Gasteiger partial charge in [-0.25, -0.2) is 9.97 Å². The summed E-state index contributed by atoms with van der Waals surface area (Å²) in [4.78, 5) is 24.8. The molecule has 1 aliphatic carbocycles. The third kappa shape index (κ3) is 3.69. The van der Waals surface area contributed by atoms with Gasteiger partial charge in [-0.05, 0) is 42.6 Å². The Morgan fingerprint density at radius 1 is 1.35 bits per heavy atom. The third-order valence-electron chi connectivity index (χ3n) is 3.52. The maximum atomic E-state index is 12.1. The average molecular weight is 341 g/mol. The molecule has 0 N–H and O–H groups in total. The summed E-state index contributed by atoms with van der Waals surface area (Å²) in [7, 11) is 1.90. The molecule has 0 bridgehead atoms. The maximum Gasteiger partial charge on any atom is 0.242 e. The van der Waals surface area contributed by atoms with Crippen LogP contribution in [0.25, 0.3) is 0 Å². The molecule has 1 fully saturated rings. The van der Waals surface area contributed by atoms with Gasteiger partial charge in [0.2, 0.25) is 5.91 Å². The van der Waals surface area contributed by atoms with Gasteiger partial charge in [-0.15, -0.1) is 0 Å². The summed E-state index contributed by atoms with van der Waals surface area (Å²) >= 11 is 3.43. The van der Waals surface area contributed by atoms with Crippen molar-refractivity contribution in [3.63, 3.8) is 0 Å². The van der Waals surface area contributed by atoms with E-state index in [1.54, 1.807) is 0 Å². The second-order valence-corrected chi connectivity index (χ2v) is 5.92. The molecule has 0 radical (unpaired) electrons.